The molecule has 0 aromatic heterocycles. The molecular weight excluding hydrogens is 562 g/mol. The van der Waals surface area contributed by atoms with Gasteiger partial charge >= 0.3 is 29.3 Å². The molecule has 1 N–H and O–H groups in total. The van der Waals surface area contributed by atoms with Crippen molar-refractivity contribution in [2.45, 2.75) is 136 Å². The largest absolute Gasteiger partial charge is 0.460 e. The normalized spacial score (nSPS) is 12.1. The first-order valence-corrected chi connectivity index (χ1v) is 13.8. The van der Waals surface area contributed by atoms with Gasteiger partial charge in [0.25, 0.3) is 0 Å². The number of halogens is 1. The van der Waals surface area contributed by atoms with E-state index in [4.69, 9.17) is 25.8 Å². The molecule has 0 unspecified atom stereocenters. The number of ether oxygens (including phenoxy) is 5. The Hall–Kier alpha value is -2.89. The van der Waals surface area contributed by atoms with Crippen LogP contribution in [0.25, 0.3) is 0 Å². The second-order valence-corrected chi connectivity index (χ2v) is 12.9. The lowest BCUT2D eigenvalue weighted by Crippen LogP contribution is -2.50. The van der Waals surface area contributed by atoms with Crippen molar-refractivity contribution in [3.05, 3.63) is 0 Å². The van der Waals surface area contributed by atoms with Crippen LogP contribution < -0.4 is 5.32 Å². The van der Waals surface area contributed by atoms with E-state index in [1.54, 1.807) is 62.3 Å². The molecule has 0 rings (SSSR count). The number of hydrogen-bond acceptors (Lipinski definition) is 11. The molecule has 0 aromatic carbocycles. The van der Waals surface area contributed by atoms with Crippen LogP contribution in [0, 0.1) is 0 Å². The number of esters is 4. The smallest absolute Gasteiger partial charge is 0.406 e. The van der Waals surface area contributed by atoms with Crippen LogP contribution in [0.2, 0.25) is 0 Å². The number of amides is 1. The second kappa shape index (κ2) is 16.5. The van der Waals surface area contributed by atoms with Gasteiger partial charge in [0.15, 0.2) is 0 Å². The van der Waals surface area contributed by atoms with Gasteiger partial charge in [-0.1, -0.05) is 0 Å². The molecule has 0 saturated heterocycles. The minimum Gasteiger partial charge on any atom is -0.460 e. The molecule has 13 heteroatoms. The zero-order valence-electron chi connectivity index (χ0n) is 25.7. The summed E-state index contributed by atoms with van der Waals surface area (Å²) >= 11 is 5.01. The van der Waals surface area contributed by atoms with E-state index in [9.17, 15) is 28.8 Å². The Labute approximate surface area is 247 Å². The molecule has 0 saturated carbocycles. The van der Waals surface area contributed by atoms with Gasteiger partial charge in [-0.3, -0.25) is 24.0 Å². The summed E-state index contributed by atoms with van der Waals surface area (Å²) in [4.78, 5) is 73.2. The Morgan fingerprint density at radius 3 is 1.22 bits per heavy atom. The molecule has 0 aliphatic rings. The van der Waals surface area contributed by atoms with Crippen LogP contribution in [0.3, 0.4) is 0 Å². The number of rotatable bonds is 15. The minimum absolute atomic E-state index is 0.0371. The molecular formula is C28H46ClNO11. The molecule has 0 radical (unpaired) electrons. The molecule has 0 aliphatic heterocycles. The van der Waals surface area contributed by atoms with Crippen molar-refractivity contribution in [3.8, 4) is 0 Å². The van der Waals surface area contributed by atoms with Crippen molar-refractivity contribution >= 4 is 46.8 Å². The molecule has 0 atom stereocenters. The zero-order valence-corrected chi connectivity index (χ0v) is 26.5. The molecule has 0 aromatic rings. The van der Waals surface area contributed by atoms with Gasteiger partial charge in [0.2, 0.25) is 12.7 Å². The van der Waals surface area contributed by atoms with Crippen LogP contribution in [0.1, 0.15) is 114 Å². The first-order valence-electron chi connectivity index (χ1n) is 13.5. The van der Waals surface area contributed by atoms with E-state index >= 15 is 0 Å². The summed E-state index contributed by atoms with van der Waals surface area (Å²) in [5.74, 6) is -2.98. The van der Waals surface area contributed by atoms with Crippen LogP contribution in [0.4, 0.5) is 4.79 Å². The highest BCUT2D eigenvalue weighted by molar-refractivity contribution is 6.61. The maximum absolute atomic E-state index is 13.0. The lowest BCUT2D eigenvalue weighted by molar-refractivity contribution is -0.156. The number of carbonyl (C=O) groups is 6. The summed E-state index contributed by atoms with van der Waals surface area (Å²) in [7, 11) is 0. The van der Waals surface area contributed by atoms with E-state index in [-0.39, 0.29) is 51.4 Å². The third-order valence-corrected chi connectivity index (χ3v) is 5.15. The van der Waals surface area contributed by atoms with Crippen molar-refractivity contribution in [3.63, 3.8) is 0 Å². The van der Waals surface area contributed by atoms with E-state index < -0.39 is 64.3 Å². The fourth-order valence-electron chi connectivity index (χ4n) is 3.55. The number of nitrogens with one attached hydrogen (secondary N) is 1. The van der Waals surface area contributed by atoms with Crippen molar-refractivity contribution < 1.29 is 52.5 Å². The monoisotopic (exact) mass is 607 g/mol. The summed E-state index contributed by atoms with van der Waals surface area (Å²) < 4.78 is 25.2. The highest BCUT2D eigenvalue weighted by atomic mass is 35.5. The van der Waals surface area contributed by atoms with Gasteiger partial charge in [0.1, 0.15) is 16.8 Å². The van der Waals surface area contributed by atoms with Gasteiger partial charge in [-0.25, -0.2) is 4.79 Å². The maximum atomic E-state index is 13.0. The Kier molecular flexibility index (Phi) is 15.4. The summed E-state index contributed by atoms with van der Waals surface area (Å²) in [6, 6.07) is 0. The van der Waals surface area contributed by atoms with Crippen molar-refractivity contribution in [1.82, 2.24) is 5.32 Å². The lowest BCUT2D eigenvalue weighted by Gasteiger charge is -2.36. The third-order valence-electron chi connectivity index (χ3n) is 5.04. The fraction of sp³-hybridized carbons (Fsp3) is 0.786. The van der Waals surface area contributed by atoms with E-state index in [0.717, 1.165) is 0 Å². The second-order valence-electron chi connectivity index (χ2n) is 12.6. The Morgan fingerprint density at radius 1 is 0.537 bits per heavy atom. The zero-order chi connectivity index (χ0) is 32.1. The van der Waals surface area contributed by atoms with Gasteiger partial charge < -0.3 is 29.0 Å². The molecule has 41 heavy (non-hydrogen) atoms. The molecule has 0 fully saturated rings. The van der Waals surface area contributed by atoms with Crippen LogP contribution in [0.5, 0.6) is 0 Å². The molecule has 236 valence electrons. The van der Waals surface area contributed by atoms with Gasteiger partial charge in [-0.05, 0) is 81.6 Å². The van der Waals surface area contributed by atoms with E-state index in [2.05, 4.69) is 14.8 Å². The van der Waals surface area contributed by atoms with Gasteiger partial charge in [0, 0.05) is 42.8 Å². The third kappa shape index (κ3) is 21.5. The predicted octanol–water partition coefficient (Wildman–Crippen LogP) is 4.86. The summed E-state index contributed by atoms with van der Waals surface area (Å²) in [5, 5.41) is 2.84. The van der Waals surface area contributed by atoms with Crippen molar-refractivity contribution in [2.24, 2.45) is 0 Å². The van der Waals surface area contributed by atoms with Crippen LogP contribution in [0.15, 0.2) is 0 Å². The Balaban J connectivity index is 5.88. The van der Waals surface area contributed by atoms with Crippen molar-refractivity contribution in [1.29, 1.82) is 0 Å². The summed E-state index contributed by atoms with van der Waals surface area (Å²) in [6.45, 7) is 14.8. The lowest BCUT2D eigenvalue weighted by atomic mass is 9.83. The van der Waals surface area contributed by atoms with Gasteiger partial charge in [-0.15, -0.1) is 0 Å². The molecule has 0 aliphatic carbocycles. The van der Waals surface area contributed by atoms with Crippen LogP contribution >= 0.6 is 11.6 Å². The molecule has 12 nitrogen and oxygen atoms in total. The van der Waals surface area contributed by atoms with Crippen molar-refractivity contribution in [2.75, 3.05) is 6.79 Å². The van der Waals surface area contributed by atoms with E-state index in [1.165, 1.54) is 0 Å². The summed E-state index contributed by atoms with van der Waals surface area (Å²) in [6.07, 6.45) is -0.920. The minimum atomic E-state index is -1.22. The van der Waals surface area contributed by atoms with Crippen LogP contribution in [-0.2, 0) is 47.7 Å². The van der Waals surface area contributed by atoms with Crippen LogP contribution in [-0.4, -0.2) is 64.3 Å². The topological polar surface area (TPSA) is 161 Å². The standard InChI is InChI=1S/C28H46ClNO11/c1-25(2,3)39-21(33)12-15-28(16-13-22(34)40-26(4,5)6,17-14-23(35)41-27(7,8)9)30-19(31)10-11-20(32)37-18-38-24(29)36/h10-18H2,1-9H3,(H,30,31). The molecule has 1 amide bonds. The molecule has 0 bridgehead atoms. The van der Waals surface area contributed by atoms with Gasteiger partial charge in [-0.2, -0.15) is 0 Å². The summed E-state index contributed by atoms with van der Waals surface area (Å²) in [5.41, 5.74) is -4.60. The average molecular weight is 608 g/mol. The maximum Gasteiger partial charge on any atom is 0.406 e. The SMILES string of the molecule is CC(C)(C)OC(=O)CCC(CCC(=O)OC(C)(C)C)(CCC(=O)OC(C)(C)C)NC(=O)CCC(=O)OCOC(=O)Cl. The van der Waals surface area contributed by atoms with E-state index in [1.807, 2.05) is 0 Å². The first-order chi connectivity index (χ1) is 18.5. The molecule has 0 heterocycles. The van der Waals surface area contributed by atoms with E-state index in [0.29, 0.717) is 0 Å². The highest BCUT2D eigenvalue weighted by Crippen LogP contribution is 2.29. The Bertz CT molecular complexity index is 848. The fourth-order valence-corrected chi connectivity index (χ4v) is 3.60. The first kappa shape index (κ1) is 38.1. The predicted molar refractivity (Wildman–Crippen MR) is 149 cm³/mol. The Morgan fingerprint density at radius 2 is 0.902 bits per heavy atom. The van der Waals surface area contributed by atoms with Gasteiger partial charge in [0.05, 0.1) is 6.42 Å². The molecule has 0 spiro atoms. The highest BCUT2D eigenvalue weighted by Gasteiger charge is 2.35. The number of carbonyl (C=O) groups excluding carboxylic acids is 6. The quantitative estimate of drug-likeness (QED) is 0.117. The average Bonchev–Trinajstić information content (AvgIpc) is 2.75. The number of hydrogen-bond donors (Lipinski definition) is 1.